The monoisotopic (exact) mass is 582 g/mol. The van der Waals surface area contributed by atoms with E-state index in [2.05, 4.69) is 81.1 Å². The molecule has 0 aromatic heterocycles. The molecular formula is C39H50O4. The van der Waals surface area contributed by atoms with Crippen LogP contribution in [0.5, 0.6) is 5.75 Å². The first-order valence-electron chi connectivity index (χ1n) is 16.5. The third kappa shape index (κ3) is 9.31. The lowest BCUT2D eigenvalue weighted by Gasteiger charge is -2.29. The molecule has 1 fully saturated rings. The number of carbonyl (C=O) groups is 1. The van der Waals surface area contributed by atoms with Gasteiger partial charge in [-0.15, -0.1) is 0 Å². The summed E-state index contributed by atoms with van der Waals surface area (Å²) >= 11 is 0. The van der Waals surface area contributed by atoms with E-state index in [-0.39, 0.29) is 19.8 Å². The maximum absolute atomic E-state index is 11.4. The molecule has 3 aromatic rings. The van der Waals surface area contributed by atoms with Crippen molar-refractivity contribution < 1.29 is 19.4 Å². The van der Waals surface area contributed by atoms with E-state index in [1.807, 2.05) is 0 Å². The number of ether oxygens (including phenoxy) is 2. The highest BCUT2D eigenvalue weighted by Gasteiger charge is 2.22. The lowest BCUT2D eigenvalue weighted by atomic mass is 9.77. The van der Waals surface area contributed by atoms with E-state index in [0.29, 0.717) is 18.8 Å². The number of hydrogen-bond donors (Lipinski definition) is 1. The summed E-state index contributed by atoms with van der Waals surface area (Å²) in [6, 6.07) is 22.4. The molecule has 0 amide bonds. The highest BCUT2D eigenvalue weighted by atomic mass is 16.6. The van der Waals surface area contributed by atoms with Gasteiger partial charge in [0.05, 0.1) is 0 Å². The van der Waals surface area contributed by atoms with Gasteiger partial charge in [-0.3, -0.25) is 0 Å². The maximum Gasteiger partial charge on any atom is 0.330 e. The van der Waals surface area contributed by atoms with E-state index in [1.165, 1.54) is 73.6 Å². The zero-order valence-corrected chi connectivity index (χ0v) is 26.3. The Bertz CT molecular complexity index is 1300. The molecule has 4 rings (SSSR count). The molecule has 43 heavy (non-hydrogen) atoms. The van der Waals surface area contributed by atoms with Crippen LogP contribution >= 0.6 is 0 Å². The normalized spacial score (nSPS) is 16.5. The van der Waals surface area contributed by atoms with Crippen molar-refractivity contribution in [2.75, 3.05) is 19.8 Å². The minimum absolute atomic E-state index is 0.126. The molecule has 4 heteroatoms. The van der Waals surface area contributed by atoms with Gasteiger partial charge in [-0.25, -0.2) is 4.79 Å². The molecular weight excluding hydrogens is 532 g/mol. The Morgan fingerprint density at radius 2 is 1.58 bits per heavy atom. The molecule has 0 radical (unpaired) electrons. The van der Waals surface area contributed by atoms with Crippen molar-refractivity contribution in [1.82, 2.24) is 0 Å². The summed E-state index contributed by atoms with van der Waals surface area (Å²) < 4.78 is 11.1. The molecule has 0 saturated heterocycles. The quantitative estimate of drug-likeness (QED) is 0.104. The number of aliphatic hydroxyl groups is 1. The summed E-state index contributed by atoms with van der Waals surface area (Å²) in [4.78, 5) is 11.4. The molecule has 1 aliphatic rings. The summed E-state index contributed by atoms with van der Waals surface area (Å²) in [6.07, 6.45) is 14.4. The van der Waals surface area contributed by atoms with Gasteiger partial charge in [0.25, 0.3) is 0 Å². The zero-order valence-electron chi connectivity index (χ0n) is 26.3. The maximum atomic E-state index is 11.4. The number of unbranched alkanes of at least 4 members (excludes halogenated alkanes) is 2. The molecule has 0 aliphatic heterocycles. The zero-order chi connectivity index (χ0) is 30.4. The van der Waals surface area contributed by atoms with E-state index in [0.717, 1.165) is 40.9 Å². The van der Waals surface area contributed by atoms with Crippen LogP contribution in [0.25, 0.3) is 22.3 Å². The van der Waals surface area contributed by atoms with E-state index in [1.54, 1.807) is 0 Å². The Balaban J connectivity index is 1.46. The number of benzene rings is 3. The number of carbonyl (C=O) groups excluding carboxylic acids is 1. The van der Waals surface area contributed by atoms with Gasteiger partial charge < -0.3 is 14.6 Å². The summed E-state index contributed by atoms with van der Waals surface area (Å²) in [5, 5.41) is 9.35. The predicted octanol–water partition coefficient (Wildman–Crippen LogP) is 9.47. The number of aryl methyl sites for hydroxylation is 2. The Kier molecular flexibility index (Phi) is 12.9. The third-order valence-electron chi connectivity index (χ3n) is 9.00. The summed E-state index contributed by atoms with van der Waals surface area (Å²) in [6.45, 7) is 8.47. The SMILES string of the molecule is C=CC(=O)OCCOc1cc(-c2ccc(-c3ccc(C4CCC(CCCCC)CC4)cc3)c(CC)c2)ccc1CCCO. The largest absolute Gasteiger partial charge is 0.490 e. The molecule has 0 bridgehead atoms. The molecule has 1 saturated carbocycles. The van der Waals surface area contributed by atoms with Crippen molar-refractivity contribution >= 4 is 5.97 Å². The molecule has 1 aliphatic carbocycles. The Hall–Kier alpha value is -3.37. The minimum atomic E-state index is -0.458. The Morgan fingerprint density at radius 1 is 0.860 bits per heavy atom. The van der Waals surface area contributed by atoms with Gasteiger partial charge in [0.15, 0.2) is 0 Å². The van der Waals surface area contributed by atoms with Crippen molar-refractivity contribution in [3.63, 3.8) is 0 Å². The van der Waals surface area contributed by atoms with Gasteiger partial charge in [-0.05, 0) is 102 Å². The fourth-order valence-electron chi connectivity index (χ4n) is 6.45. The number of rotatable bonds is 16. The van der Waals surface area contributed by atoms with Gasteiger partial charge in [0.1, 0.15) is 19.0 Å². The highest BCUT2D eigenvalue weighted by molar-refractivity contribution is 5.81. The molecule has 0 spiro atoms. The van der Waals surface area contributed by atoms with E-state index < -0.39 is 5.97 Å². The van der Waals surface area contributed by atoms with Crippen molar-refractivity contribution in [1.29, 1.82) is 0 Å². The van der Waals surface area contributed by atoms with Gasteiger partial charge >= 0.3 is 5.97 Å². The summed E-state index contributed by atoms with van der Waals surface area (Å²) in [5.74, 6) is 1.94. The molecule has 0 unspecified atom stereocenters. The van der Waals surface area contributed by atoms with Crippen LogP contribution in [0.3, 0.4) is 0 Å². The first kappa shape index (κ1) is 32.5. The first-order valence-corrected chi connectivity index (χ1v) is 16.5. The van der Waals surface area contributed by atoms with Crippen molar-refractivity contribution in [2.45, 2.75) is 90.4 Å². The van der Waals surface area contributed by atoms with Crippen LogP contribution in [0.2, 0.25) is 0 Å². The number of esters is 1. The second kappa shape index (κ2) is 17.1. The summed E-state index contributed by atoms with van der Waals surface area (Å²) in [5.41, 5.74) is 8.64. The average molecular weight is 583 g/mol. The lowest BCUT2D eigenvalue weighted by molar-refractivity contribution is -0.138. The van der Waals surface area contributed by atoms with Gasteiger partial charge in [-0.1, -0.05) is 101 Å². The second-order valence-corrected chi connectivity index (χ2v) is 11.9. The second-order valence-electron chi connectivity index (χ2n) is 11.9. The Morgan fingerprint density at radius 3 is 2.28 bits per heavy atom. The van der Waals surface area contributed by atoms with E-state index in [9.17, 15) is 9.90 Å². The smallest absolute Gasteiger partial charge is 0.330 e. The number of hydrogen-bond acceptors (Lipinski definition) is 4. The highest BCUT2D eigenvalue weighted by Crippen LogP contribution is 2.39. The summed E-state index contributed by atoms with van der Waals surface area (Å²) in [7, 11) is 0. The standard InChI is InChI=1S/C39H50O4/c1-4-7-8-10-29-12-14-31(15-13-29)32-16-18-33(19-17-32)37-23-22-35(27-30(37)5-2)36-21-20-34(11-9-24-40)38(28-36)42-25-26-43-39(41)6-3/h6,16-23,27-29,31,40H,3-5,7-15,24-26H2,1-2H3. The van der Waals surface area contributed by atoms with Crippen LogP contribution in [0.15, 0.2) is 73.3 Å². The molecule has 0 atom stereocenters. The molecule has 230 valence electrons. The average Bonchev–Trinajstić information content (AvgIpc) is 3.06. The van der Waals surface area contributed by atoms with Crippen molar-refractivity contribution in [3.05, 3.63) is 90.0 Å². The fourth-order valence-corrected chi connectivity index (χ4v) is 6.45. The molecule has 1 N–H and O–H groups in total. The molecule has 0 heterocycles. The topological polar surface area (TPSA) is 55.8 Å². The van der Waals surface area contributed by atoms with Crippen LogP contribution in [-0.4, -0.2) is 30.9 Å². The first-order chi connectivity index (χ1) is 21.1. The van der Waals surface area contributed by atoms with Crippen molar-refractivity contribution in [2.24, 2.45) is 5.92 Å². The van der Waals surface area contributed by atoms with Crippen LogP contribution in [0.4, 0.5) is 0 Å². The van der Waals surface area contributed by atoms with Gasteiger partial charge in [-0.2, -0.15) is 0 Å². The van der Waals surface area contributed by atoms with Gasteiger partial charge in [0.2, 0.25) is 0 Å². The lowest BCUT2D eigenvalue weighted by Crippen LogP contribution is -2.13. The van der Waals surface area contributed by atoms with Crippen LogP contribution in [0.1, 0.15) is 94.2 Å². The predicted molar refractivity (Wildman–Crippen MR) is 178 cm³/mol. The van der Waals surface area contributed by atoms with E-state index in [4.69, 9.17) is 9.47 Å². The fraction of sp³-hybridized carbons (Fsp3) is 0.462. The van der Waals surface area contributed by atoms with Crippen LogP contribution in [-0.2, 0) is 22.4 Å². The third-order valence-corrected chi connectivity index (χ3v) is 9.00. The van der Waals surface area contributed by atoms with Crippen LogP contribution in [0, 0.1) is 5.92 Å². The van der Waals surface area contributed by atoms with Gasteiger partial charge in [0, 0.05) is 12.7 Å². The number of aliphatic hydroxyl groups excluding tert-OH is 1. The molecule has 3 aromatic carbocycles. The Labute approximate surface area is 259 Å². The van der Waals surface area contributed by atoms with E-state index >= 15 is 0 Å². The minimum Gasteiger partial charge on any atom is -0.490 e. The molecule has 4 nitrogen and oxygen atoms in total. The van der Waals surface area contributed by atoms with Crippen molar-refractivity contribution in [3.8, 4) is 28.0 Å². The van der Waals surface area contributed by atoms with Crippen LogP contribution < -0.4 is 4.74 Å².